The molecule has 3 aliphatic carbocycles. The van der Waals surface area contributed by atoms with Crippen LogP contribution in [0.5, 0.6) is 0 Å². The average molecular weight is 121 g/mol. The Morgan fingerprint density at radius 1 is 1.00 bits per heavy atom. The summed E-state index contributed by atoms with van der Waals surface area (Å²) in [5, 5.41) is 0. The first-order valence-corrected chi connectivity index (χ1v) is 4.19. The number of hydrogen-bond donors (Lipinski definition) is 0. The minimum atomic E-state index is 1.11. The van der Waals surface area contributed by atoms with Gasteiger partial charge >= 0.3 is 0 Å². The van der Waals surface area contributed by atoms with Crippen molar-refractivity contribution >= 4 is 0 Å². The fourth-order valence-electron chi connectivity index (χ4n) is 2.80. The van der Waals surface area contributed by atoms with E-state index in [4.69, 9.17) is 0 Å². The highest BCUT2D eigenvalue weighted by Gasteiger charge is 2.65. The maximum Gasteiger partial charge on any atom is 0.104 e. The SMILES string of the molecule is C[C+]1[C@H]2C[C@H]2C[C@H]2C[C@@H]12. The third-order valence-electron chi connectivity index (χ3n) is 3.62. The van der Waals surface area contributed by atoms with E-state index in [1.54, 1.807) is 19.3 Å². The molecule has 3 aliphatic rings. The fourth-order valence-corrected chi connectivity index (χ4v) is 2.80. The maximum absolute atomic E-state index is 2.40. The maximum atomic E-state index is 2.40. The van der Waals surface area contributed by atoms with E-state index >= 15 is 0 Å². The summed E-state index contributed by atoms with van der Waals surface area (Å²) in [6.45, 7) is 2.40. The summed E-state index contributed by atoms with van der Waals surface area (Å²) in [6, 6.07) is 0. The Balaban J connectivity index is 1.87. The third-order valence-corrected chi connectivity index (χ3v) is 3.62. The van der Waals surface area contributed by atoms with Crippen molar-refractivity contribution in [1.82, 2.24) is 0 Å². The van der Waals surface area contributed by atoms with E-state index in [9.17, 15) is 0 Å². The molecule has 0 aliphatic heterocycles. The average Bonchev–Trinajstić information content (AvgIpc) is 2.57. The zero-order valence-corrected chi connectivity index (χ0v) is 5.93. The van der Waals surface area contributed by atoms with Gasteiger partial charge in [0.25, 0.3) is 0 Å². The van der Waals surface area contributed by atoms with Crippen molar-refractivity contribution in [3.63, 3.8) is 0 Å². The van der Waals surface area contributed by atoms with Gasteiger partial charge < -0.3 is 0 Å². The van der Waals surface area contributed by atoms with Crippen LogP contribution in [0.2, 0.25) is 0 Å². The van der Waals surface area contributed by atoms with Crippen LogP contribution < -0.4 is 0 Å². The van der Waals surface area contributed by atoms with Crippen molar-refractivity contribution in [3.8, 4) is 0 Å². The van der Waals surface area contributed by atoms with Gasteiger partial charge in [0, 0.05) is 11.8 Å². The van der Waals surface area contributed by atoms with Gasteiger partial charge in [-0.2, -0.15) is 0 Å². The zero-order chi connectivity index (χ0) is 6.01. The molecule has 0 unspecified atom stereocenters. The van der Waals surface area contributed by atoms with E-state index < -0.39 is 0 Å². The van der Waals surface area contributed by atoms with Crippen LogP contribution in [0.1, 0.15) is 26.2 Å². The lowest BCUT2D eigenvalue weighted by Gasteiger charge is -2.04. The Bertz CT molecular complexity index is 134. The molecule has 0 aromatic heterocycles. The van der Waals surface area contributed by atoms with E-state index in [0.29, 0.717) is 0 Å². The van der Waals surface area contributed by atoms with Crippen molar-refractivity contribution in [2.75, 3.05) is 0 Å². The zero-order valence-electron chi connectivity index (χ0n) is 5.93. The normalized spacial score (nSPS) is 60.3. The Morgan fingerprint density at radius 2 is 1.56 bits per heavy atom. The van der Waals surface area contributed by atoms with Gasteiger partial charge in [-0.15, -0.1) is 0 Å². The Kier molecular flexibility index (Phi) is 0.601. The molecular weight excluding hydrogens is 108 g/mol. The molecule has 9 heavy (non-hydrogen) atoms. The minimum Gasteiger partial charge on any atom is -0.0385 e. The van der Waals surface area contributed by atoms with Crippen LogP contribution in [-0.4, -0.2) is 0 Å². The predicted molar refractivity (Wildman–Crippen MR) is 36.7 cm³/mol. The predicted octanol–water partition coefficient (Wildman–Crippen LogP) is 2.26. The third kappa shape index (κ3) is 0.476. The van der Waals surface area contributed by atoms with Gasteiger partial charge in [-0.3, -0.25) is 0 Å². The Morgan fingerprint density at radius 3 is 2.11 bits per heavy atom. The Hall–Kier alpha value is -0.130. The number of hydrogen-bond acceptors (Lipinski definition) is 0. The molecule has 4 atom stereocenters. The van der Waals surface area contributed by atoms with Crippen LogP contribution in [0, 0.1) is 29.6 Å². The molecular formula is C9H13+. The smallest absolute Gasteiger partial charge is 0.0385 e. The first-order chi connectivity index (χ1) is 4.36. The molecule has 0 spiro atoms. The van der Waals surface area contributed by atoms with Crippen molar-refractivity contribution < 1.29 is 0 Å². The summed E-state index contributed by atoms with van der Waals surface area (Å²) in [5.41, 5.74) is 0. The molecule has 0 radical (unpaired) electrons. The summed E-state index contributed by atoms with van der Waals surface area (Å²) in [6.07, 6.45) is 4.70. The topological polar surface area (TPSA) is 0 Å². The lowest BCUT2D eigenvalue weighted by atomic mass is 9.91. The van der Waals surface area contributed by atoms with Crippen molar-refractivity contribution in [2.45, 2.75) is 26.2 Å². The molecule has 0 saturated heterocycles. The van der Waals surface area contributed by atoms with Gasteiger partial charge in [-0.25, -0.2) is 0 Å². The quantitative estimate of drug-likeness (QED) is 0.431. The summed E-state index contributed by atoms with van der Waals surface area (Å²) >= 11 is 0. The van der Waals surface area contributed by atoms with Crippen molar-refractivity contribution in [1.29, 1.82) is 0 Å². The van der Waals surface area contributed by atoms with Crippen LogP contribution in [-0.2, 0) is 0 Å². The van der Waals surface area contributed by atoms with Crippen molar-refractivity contribution in [2.24, 2.45) is 23.7 Å². The second-order valence-electron chi connectivity index (χ2n) is 4.18. The molecule has 0 amide bonds. The summed E-state index contributed by atoms with van der Waals surface area (Å²) in [5.74, 6) is 6.40. The van der Waals surface area contributed by atoms with E-state index in [0.717, 1.165) is 23.7 Å². The molecule has 0 heterocycles. The summed E-state index contributed by atoms with van der Waals surface area (Å²) < 4.78 is 0. The molecule has 3 saturated carbocycles. The van der Waals surface area contributed by atoms with Gasteiger partial charge in [0.2, 0.25) is 0 Å². The van der Waals surface area contributed by atoms with Crippen LogP contribution >= 0.6 is 0 Å². The largest absolute Gasteiger partial charge is 0.104 e. The molecule has 0 bridgehead atoms. The highest BCUT2D eigenvalue weighted by molar-refractivity contribution is 5.20. The monoisotopic (exact) mass is 121 g/mol. The van der Waals surface area contributed by atoms with Gasteiger partial charge in [0.05, 0.1) is 12.8 Å². The molecule has 0 nitrogen and oxygen atoms in total. The van der Waals surface area contributed by atoms with Crippen LogP contribution in [0.25, 0.3) is 0 Å². The lowest BCUT2D eigenvalue weighted by Crippen LogP contribution is -2.06. The Labute approximate surface area is 56.6 Å². The highest BCUT2D eigenvalue weighted by atomic mass is 14.6. The number of rotatable bonds is 0. The van der Waals surface area contributed by atoms with Gasteiger partial charge in [0.15, 0.2) is 0 Å². The molecule has 0 aromatic carbocycles. The van der Waals surface area contributed by atoms with E-state index in [2.05, 4.69) is 6.92 Å². The van der Waals surface area contributed by atoms with E-state index in [-0.39, 0.29) is 0 Å². The van der Waals surface area contributed by atoms with Gasteiger partial charge in [0.1, 0.15) is 11.8 Å². The van der Waals surface area contributed by atoms with Crippen LogP contribution in [0.4, 0.5) is 0 Å². The van der Waals surface area contributed by atoms with Crippen molar-refractivity contribution in [3.05, 3.63) is 5.92 Å². The molecule has 0 N–H and O–H groups in total. The summed E-state index contributed by atoms with van der Waals surface area (Å²) in [7, 11) is 0. The highest BCUT2D eigenvalue weighted by Crippen LogP contribution is 2.66. The van der Waals surface area contributed by atoms with Gasteiger partial charge in [-0.05, 0) is 19.3 Å². The number of fused-ring (bicyclic) bond motifs is 2. The van der Waals surface area contributed by atoms with E-state index in [1.165, 1.54) is 0 Å². The van der Waals surface area contributed by atoms with E-state index in [1.807, 2.05) is 5.92 Å². The first-order valence-electron chi connectivity index (χ1n) is 4.19. The first kappa shape index (κ1) is 4.65. The molecule has 3 rings (SSSR count). The lowest BCUT2D eigenvalue weighted by molar-refractivity contribution is 0.491. The second kappa shape index (κ2) is 1.16. The van der Waals surface area contributed by atoms with Crippen LogP contribution in [0.3, 0.4) is 0 Å². The second-order valence-corrected chi connectivity index (χ2v) is 4.18. The standard InChI is InChI=1S/C9H13/c1-5-8-3-6(8)2-7-4-9(5)7/h6-9H,2-4H2,1H3/q+1/t6-,7+,8-,9+. The van der Waals surface area contributed by atoms with Crippen LogP contribution in [0.15, 0.2) is 0 Å². The fraction of sp³-hybridized carbons (Fsp3) is 0.889. The molecule has 0 heteroatoms. The molecule has 48 valence electrons. The minimum absolute atomic E-state index is 1.11. The molecule has 3 fully saturated rings. The van der Waals surface area contributed by atoms with Gasteiger partial charge in [-0.1, -0.05) is 0 Å². The summed E-state index contributed by atoms with van der Waals surface area (Å²) in [4.78, 5) is 0. The molecule has 0 aromatic rings.